The Bertz CT molecular complexity index is 3330. The van der Waals surface area contributed by atoms with Gasteiger partial charge in [-0.15, -0.1) is 0 Å². The zero-order valence-corrected chi connectivity index (χ0v) is 27.0. The Morgan fingerprint density at radius 3 is 1.50 bits per heavy atom. The van der Waals surface area contributed by atoms with E-state index in [9.17, 15) is 0 Å². The number of hydrogen-bond donors (Lipinski definition) is 0. The highest BCUT2D eigenvalue weighted by Gasteiger charge is 2.27. The second-order valence-corrected chi connectivity index (χ2v) is 13.5. The average molecular weight is 639 g/mol. The zero-order valence-electron chi connectivity index (χ0n) is 33.0. The van der Waals surface area contributed by atoms with Crippen LogP contribution >= 0.6 is 0 Å². The summed E-state index contributed by atoms with van der Waals surface area (Å²) in [5.74, 6) is 0. The van der Waals surface area contributed by atoms with E-state index in [1.807, 2.05) is 18.2 Å². The lowest BCUT2D eigenvalue weighted by Gasteiger charge is -2.19. The van der Waals surface area contributed by atoms with Crippen molar-refractivity contribution in [2.45, 2.75) is 13.7 Å². The smallest absolute Gasteiger partial charge is 0.0280 e. The van der Waals surface area contributed by atoms with Gasteiger partial charge in [0.1, 0.15) is 0 Å². The van der Waals surface area contributed by atoms with E-state index in [4.69, 9.17) is 8.22 Å². The number of rotatable bonds is 3. The fraction of sp³-hybridized carbons (Fsp3) is 0.0400. The van der Waals surface area contributed by atoms with Crippen molar-refractivity contribution in [1.82, 2.24) is 0 Å². The molecule has 0 aliphatic carbocycles. The van der Waals surface area contributed by atoms with Crippen LogP contribution in [0.1, 0.15) is 19.4 Å². The molecule has 11 aromatic carbocycles. The van der Waals surface area contributed by atoms with Crippen molar-refractivity contribution in [3.8, 4) is 33.4 Å². The van der Waals surface area contributed by atoms with Crippen LogP contribution < -0.4 is 0 Å². The maximum absolute atomic E-state index is 8.50. The third kappa shape index (κ3) is 3.55. The lowest BCUT2D eigenvalue weighted by molar-refractivity contribution is 1.39. The molecule has 0 atom stereocenters. The average Bonchev–Trinajstić information content (AvgIpc) is 3.71. The van der Waals surface area contributed by atoms with Crippen LogP contribution in [0.15, 0.2) is 158 Å². The Hall–Kier alpha value is -6.24. The minimum atomic E-state index is -2.53. The Morgan fingerprint density at radius 1 is 0.300 bits per heavy atom. The first kappa shape index (κ1) is 22.4. The van der Waals surface area contributed by atoms with Crippen molar-refractivity contribution in [3.63, 3.8) is 0 Å². The molecule has 0 heteroatoms. The van der Waals surface area contributed by atoms with Crippen molar-refractivity contribution in [2.75, 3.05) is 0 Å². The molecule has 11 rings (SSSR count). The van der Waals surface area contributed by atoms with Crippen molar-refractivity contribution in [3.05, 3.63) is 169 Å². The summed E-state index contributed by atoms with van der Waals surface area (Å²) >= 11 is 0. The summed E-state index contributed by atoms with van der Waals surface area (Å²) in [4.78, 5) is 0. The van der Waals surface area contributed by atoms with Gasteiger partial charge in [0.05, 0.1) is 0 Å². The summed E-state index contributed by atoms with van der Waals surface area (Å²) in [6.45, 7) is -5.05. The Labute approximate surface area is 298 Å². The number of benzene rings is 9. The molecule has 0 amide bonds. The predicted octanol–water partition coefficient (Wildman–Crippen LogP) is 14.3. The van der Waals surface area contributed by atoms with Crippen molar-refractivity contribution < 1.29 is 8.22 Å². The van der Waals surface area contributed by atoms with Crippen LogP contribution in [0.25, 0.3) is 109 Å². The summed E-state index contributed by atoms with van der Waals surface area (Å²) in [6, 6.07) is 53.9. The van der Waals surface area contributed by atoms with E-state index >= 15 is 0 Å². The second kappa shape index (κ2) is 10.1. The van der Waals surface area contributed by atoms with Crippen LogP contribution in [0.2, 0.25) is 0 Å². The van der Waals surface area contributed by atoms with Crippen LogP contribution in [0.5, 0.6) is 0 Å². The topological polar surface area (TPSA) is 0 Å². The molecule has 11 aromatic rings. The number of hydrogen-bond acceptors (Lipinski definition) is 0. The van der Waals surface area contributed by atoms with E-state index in [1.54, 1.807) is 18.2 Å². The highest BCUT2D eigenvalue weighted by Crippen LogP contribution is 2.55. The van der Waals surface area contributed by atoms with Gasteiger partial charge in [0.25, 0.3) is 0 Å². The van der Waals surface area contributed by atoms with Gasteiger partial charge in [0.15, 0.2) is 0 Å². The lowest BCUT2D eigenvalue weighted by atomic mass is 9.84. The van der Waals surface area contributed by atoms with Crippen molar-refractivity contribution >= 4 is 75.4 Å². The third-order valence-electron chi connectivity index (χ3n) is 11.0. The number of fused-ring (bicyclic) bond motifs is 8. The Kier molecular flexibility index (Phi) is 4.54. The summed E-state index contributed by atoms with van der Waals surface area (Å²) in [5.41, 5.74) is 5.42. The normalized spacial score (nSPS) is 14.5. The molecular formula is C50H32. The zero-order chi connectivity index (χ0) is 38.1. The molecule has 0 saturated carbocycles. The van der Waals surface area contributed by atoms with Crippen molar-refractivity contribution in [1.29, 1.82) is 0 Å². The molecule has 0 heterocycles. The predicted molar refractivity (Wildman–Crippen MR) is 217 cm³/mol. The van der Waals surface area contributed by atoms with Gasteiger partial charge in [-0.2, -0.15) is 0 Å². The summed E-state index contributed by atoms with van der Waals surface area (Å²) in [6.07, 6.45) is 0. The molecule has 0 spiro atoms. The molecule has 0 fully saturated rings. The van der Waals surface area contributed by atoms with Crippen LogP contribution in [0, 0.1) is 13.7 Å². The monoisotopic (exact) mass is 638 g/mol. The largest absolute Gasteiger partial charge is 0.0622 e. The first-order valence-electron chi connectivity index (χ1n) is 20.1. The van der Waals surface area contributed by atoms with Crippen molar-refractivity contribution in [2.24, 2.45) is 0 Å². The quantitative estimate of drug-likeness (QED) is 0.169. The molecule has 0 aliphatic rings. The first-order valence-corrected chi connectivity index (χ1v) is 17.1. The van der Waals surface area contributed by atoms with E-state index in [-0.39, 0.29) is 16.7 Å². The molecule has 50 heavy (non-hydrogen) atoms. The number of aryl methyl sites for hydroxylation is 2. The van der Waals surface area contributed by atoms with Crippen LogP contribution in [0.3, 0.4) is 0 Å². The van der Waals surface area contributed by atoms with Crippen LogP contribution in [-0.2, 0) is 0 Å². The second-order valence-electron chi connectivity index (χ2n) is 13.5. The molecule has 232 valence electrons. The van der Waals surface area contributed by atoms with E-state index in [2.05, 4.69) is 121 Å². The van der Waals surface area contributed by atoms with E-state index in [0.717, 1.165) is 60.0 Å². The maximum Gasteiger partial charge on any atom is 0.0280 e. The van der Waals surface area contributed by atoms with Gasteiger partial charge < -0.3 is 0 Å². The summed E-state index contributed by atoms with van der Waals surface area (Å²) < 4.78 is 51.0. The fourth-order valence-corrected chi connectivity index (χ4v) is 9.07. The van der Waals surface area contributed by atoms with Crippen LogP contribution in [-0.4, -0.2) is 0 Å². The van der Waals surface area contributed by atoms with Gasteiger partial charge in [-0.05, 0) is 140 Å². The van der Waals surface area contributed by atoms with E-state index in [0.29, 0.717) is 5.56 Å². The molecule has 0 bridgehead atoms. The molecule has 0 N–H and O–H groups in total. The van der Waals surface area contributed by atoms with Crippen LogP contribution in [0.4, 0.5) is 0 Å². The minimum absolute atomic E-state index is 0.0348. The molecule has 0 radical (unpaired) electrons. The van der Waals surface area contributed by atoms with E-state index < -0.39 is 13.7 Å². The molecule has 0 nitrogen and oxygen atoms in total. The van der Waals surface area contributed by atoms with Gasteiger partial charge >= 0.3 is 0 Å². The molecular weight excluding hydrogens is 601 g/mol. The van der Waals surface area contributed by atoms with Gasteiger partial charge in [-0.1, -0.05) is 152 Å². The highest BCUT2D eigenvalue weighted by molar-refractivity contribution is 6.45. The highest BCUT2D eigenvalue weighted by atomic mass is 14.3. The Morgan fingerprint density at radius 2 is 0.800 bits per heavy atom. The molecule has 0 aromatic heterocycles. The SMILES string of the molecule is [2H]C([2H])([2H])c1cccc(C([2H])([2H])[2H])c1-c1ccc2c3c(-c4ccccc4)c4cc5c6ccccc6c6cccc(c4c(-c4ccccc4)c3c3cccc1c23)c65. The molecule has 0 aliphatic heterocycles. The van der Waals surface area contributed by atoms with Gasteiger partial charge in [-0.25, -0.2) is 0 Å². The summed E-state index contributed by atoms with van der Waals surface area (Å²) in [5, 5.41) is 15.9. The van der Waals surface area contributed by atoms with E-state index in [1.165, 1.54) is 37.7 Å². The standard InChI is InChI=1S/C50H32/c1-29-14-11-15-30(2)43(29)37-26-27-40-46-36(37)23-13-25-39(46)50-45(32-18-7-4-8-19-32)48-38-24-12-22-35-33-20-9-10-21-34(33)41(47(35)38)28-42(48)44(49(40)50)31-16-5-3-6-17-31/h3-28H,1-2H3/i1D3,2D3. The van der Waals surface area contributed by atoms with Gasteiger partial charge in [0, 0.05) is 8.22 Å². The first-order chi connectivity index (χ1) is 27.1. The minimum Gasteiger partial charge on any atom is -0.0622 e. The third-order valence-corrected chi connectivity index (χ3v) is 11.0. The molecule has 0 unspecified atom stereocenters. The maximum atomic E-state index is 8.50. The lowest BCUT2D eigenvalue weighted by Crippen LogP contribution is -1.91. The van der Waals surface area contributed by atoms with Gasteiger partial charge in [-0.3, -0.25) is 0 Å². The Balaban J connectivity index is 1.42. The summed E-state index contributed by atoms with van der Waals surface area (Å²) in [7, 11) is 0. The fourth-order valence-electron chi connectivity index (χ4n) is 9.07. The van der Waals surface area contributed by atoms with Gasteiger partial charge in [0.2, 0.25) is 0 Å². The molecule has 0 saturated heterocycles.